The average Bonchev–Trinajstić information content (AvgIpc) is 2.75. The van der Waals surface area contributed by atoms with Crippen LogP contribution in [0.5, 0.6) is 17.2 Å². The third-order valence-electron chi connectivity index (χ3n) is 5.06. The Bertz CT molecular complexity index is 750. The van der Waals surface area contributed by atoms with Gasteiger partial charge in [0, 0.05) is 44.3 Å². The van der Waals surface area contributed by atoms with Gasteiger partial charge in [0.1, 0.15) is 12.7 Å². The van der Waals surface area contributed by atoms with Gasteiger partial charge in [0.2, 0.25) is 5.75 Å². The number of hydrogen-bond acceptors (Lipinski definition) is 6. The maximum atomic E-state index is 10.4. The van der Waals surface area contributed by atoms with Crippen molar-refractivity contribution in [2.24, 2.45) is 0 Å². The zero-order chi connectivity index (χ0) is 20.6. The van der Waals surface area contributed by atoms with Crippen LogP contribution in [0.25, 0.3) is 0 Å². The summed E-state index contributed by atoms with van der Waals surface area (Å²) in [5.74, 6) is 1.70. The molecule has 0 bridgehead atoms. The standard InChI is InChI=1S/C22H29ClN2O4.2ClH/c1-27-20-4-3-5-21(28-2)22(20)29-16-19(26)15-25-12-10-24(11-13-25)14-17-6-8-18(23)9-7-17;;/h3-9,19,26H,10-16H2,1-2H3;2*1H. The Labute approximate surface area is 201 Å². The van der Waals surface area contributed by atoms with Gasteiger partial charge in [-0.2, -0.15) is 0 Å². The second kappa shape index (κ2) is 13.9. The summed E-state index contributed by atoms with van der Waals surface area (Å²) in [6, 6.07) is 13.5. The Morgan fingerprint density at radius 3 is 2.00 bits per heavy atom. The lowest BCUT2D eigenvalue weighted by atomic mass is 10.2. The molecule has 174 valence electrons. The first kappa shape index (κ1) is 27.6. The molecule has 0 aromatic heterocycles. The zero-order valence-electron chi connectivity index (χ0n) is 17.8. The van der Waals surface area contributed by atoms with E-state index in [1.165, 1.54) is 5.56 Å². The van der Waals surface area contributed by atoms with Crippen LogP contribution < -0.4 is 14.2 Å². The molecule has 1 aliphatic heterocycles. The number of β-amino-alcohol motifs (C(OH)–C–C–N with tert-alkyl or cyclic N) is 1. The zero-order valence-corrected chi connectivity index (χ0v) is 20.2. The van der Waals surface area contributed by atoms with Gasteiger partial charge >= 0.3 is 0 Å². The molecule has 9 heteroatoms. The molecule has 1 heterocycles. The molecule has 1 N–H and O–H groups in total. The van der Waals surface area contributed by atoms with Crippen molar-refractivity contribution in [2.75, 3.05) is 53.6 Å². The van der Waals surface area contributed by atoms with Crippen molar-refractivity contribution in [1.82, 2.24) is 9.80 Å². The maximum Gasteiger partial charge on any atom is 0.203 e. The van der Waals surface area contributed by atoms with Crippen molar-refractivity contribution in [1.29, 1.82) is 0 Å². The number of piperazine rings is 1. The number of halogens is 3. The molecule has 1 atom stereocenters. The van der Waals surface area contributed by atoms with Gasteiger partial charge in [0.25, 0.3) is 0 Å². The van der Waals surface area contributed by atoms with Gasteiger partial charge < -0.3 is 19.3 Å². The third kappa shape index (κ3) is 8.22. The first-order valence-electron chi connectivity index (χ1n) is 9.80. The van der Waals surface area contributed by atoms with E-state index in [1.54, 1.807) is 14.2 Å². The number of nitrogens with zero attached hydrogens (tertiary/aromatic N) is 2. The lowest BCUT2D eigenvalue weighted by Crippen LogP contribution is -2.48. The van der Waals surface area contributed by atoms with Crippen molar-refractivity contribution in [3.8, 4) is 17.2 Å². The molecule has 0 amide bonds. The van der Waals surface area contributed by atoms with Crippen LogP contribution in [-0.4, -0.2) is 74.6 Å². The van der Waals surface area contributed by atoms with Gasteiger partial charge in [-0.15, -0.1) is 24.8 Å². The van der Waals surface area contributed by atoms with E-state index >= 15 is 0 Å². The second-order valence-corrected chi connectivity index (χ2v) is 7.60. The topological polar surface area (TPSA) is 54.4 Å². The molecule has 3 rings (SSSR count). The molecule has 0 saturated carbocycles. The van der Waals surface area contributed by atoms with Crippen LogP contribution in [0.1, 0.15) is 5.56 Å². The number of para-hydroxylation sites is 1. The molecule has 1 saturated heterocycles. The Hall–Kier alpha value is -1.41. The molecular weight excluding hydrogens is 463 g/mol. The molecule has 1 unspecified atom stereocenters. The van der Waals surface area contributed by atoms with Crippen LogP contribution in [0.2, 0.25) is 5.02 Å². The fourth-order valence-electron chi connectivity index (χ4n) is 3.47. The van der Waals surface area contributed by atoms with Crippen molar-refractivity contribution in [3.63, 3.8) is 0 Å². The van der Waals surface area contributed by atoms with E-state index in [0.717, 1.165) is 37.7 Å². The van der Waals surface area contributed by atoms with Gasteiger partial charge in [-0.25, -0.2) is 0 Å². The molecule has 1 aliphatic rings. The highest BCUT2D eigenvalue weighted by Crippen LogP contribution is 2.36. The molecule has 6 nitrogen and oxygen atoms in total. The molecule has 31 heavy (non-hydrogen) atoms. The van der Waals surface area contributed by atoms with E-state index in [1.807, 2.05) is 30.3 Å². The first-order chi connectivity index (χ1) is 14.1. The minimum atomic E-state index is -0.590. The quantitative estimate of drug-likeness (QED) is 0.574. The number of rotatable bonds is 9. The molecule has 0 aliphatic carbocycles. The van der Waals surface area contributed by atoms with Gasteiger partial charge in [-0.05, 0) is 29.8 Å². The van der Waals surface area contributed by atoms with Crippen LogP contribution in [0, 0.1) is 0 Å². The van der Waals surface area contributed by atoms with Crippen molar-refractivity contribution >= 4 is 36.4 Å². The number of hydrogen-bond donors (Lipinski definition) is 1. The Morgan fingerprint density at radius 1 is 0.903 bits per heavy atom. The Balaban J connectivity index is 0.00000240. The summed E-state index contributed by atoms with van der Waals surface area (Å²) < 4.78 is 16.5. The second-order valence-electron chi connectivity index (χ2n) is 7.16. The first-order valence-corrected chi connectivity index (χ1v) is 10.2. The lowest BCUT2D eigenvalue weighted by Gasteiger charge is -2.35. The normalized spacial score (nSPS) is 15.4. The Kier molecular flexibility index (Phi) is 12.4. The monoisotopic (exact) mass is 492 g/mol. The predicted molar refractivity (Wildman–Crippen MR) is 129 cm³/mol. The number of ether oxygens (including phenoxy) is 3. The van der Waals surface area contributed by atoms with Crippen molar-refractivity contribution in [3.05, 3.63) is 53.1 Å². The van der Waals surface area contributed by atoms with E-state index in [-0.39, 0.29) is 31.4 Å². The number of benzene rings is 2. The van der Waals surface area contributed by atoms with E-state index in [4.69, 9.17) is 25.8 Å². The van der Waals surface area contributed by atoms with E-state index in [0.29, 0.717) is 23.8 Å². The minimum absolute atomic E-state index is 0. The maximum absolute atomic E-state index is 10.4. The van der Waals surface area contributed by atoms with Gasteiger partial charge in [0.05, 0.1) is 14.2 Å². The summed E-state index contributed by atoms with van der Waals surface area (Å²) >= 11 is 5.95. The van der Waals surface area contributed by atoms with Gasteiger partial charge in [-0.1, -0.05) is 29.8 Å². The largest absolute Gasteiger partial charge is 0.493 e. The highest BCUT2D eigenvalue weighted by Gasteiger charge is 2.20. The fourth-order valence-corrected chi connectivity index (χ4v) is 3.59. The highest BCUT2D eigenvalue weighted by atomic mass is 35.5. The molecule has 0 spiro atoms. The SMILES string of the molecule is COc1cccc(OC)c1OCC(O)CN1CCN(Cc2ccc(Cl)cc2)CC1.Cl.Cl. The highest BCUT2D eigenvalue weighted by molar-refractivity contribution is 6.30. The van der Waals surface area contributed by atoms with Crippen LogP contribution in [0.3, 0.4) is 0 Å². The summed E-state index contributed by atoms with van der Waals surface area (Å²) in [6.45, 7) is 5.45. The fraction of sp³-hybridized carbons (Fsp3) is 0.455. The van der Waals surface area contributed by atoms with Crippen molar-refractivity contribution < 1.29 is 19.3 Å². The van der Waals surface area contributed by atoms with Crippen LogP contribution in [0.15, 0.2) is 42.5 Å². The van der Waals surface area contributed by atoms with Gasteiger partial charge in [-0.3, -0.25) is 9.80 Å². The number of aliphatic hydroxyl groups is 1. The average molecular weight is 494 g/mol. The number of methoxy groups -OCH3 is 2. The third-order valence-corrected chi connectivity index (χ3v) is 5.31. The molecule has 0 radical (unpaired) electrons. The lowest BCUT2D eigenvalue weighted by molar-refractivity contribution is 0.0434. The molecule has 1 fully saturated rings. The van der Waals surface area contributed by atoms with E-state index in [9.17, 15) is 5.11 Å². The van der Waals surface area contributed by atoms with Crippen LogP contribution >= 0.6 is 36.4 Å². The summed E-state index contributed by atoms with van der Waals surface area (Å²) in [4.78, 5) is 4.69. The van der Waals surface area contributed by atoms with E-state index in [2.05, 4.69) is 21.9 Å². The molecule has 2 aromatic rings. The van der Waals surface area contributed by atoms with Crippen LogP contribution in [0.4, 0.5) is 0 Å². The summed E-state index contributed by atoms with van der Waals surface area (Å²) in [7, 11) is 3.17. The van der Waals surface area contributed by atoms with Crippen LogP contribution in [-0.2, 0) is 6.54 Å². The minimum Gasteiger partial charge on any atom is -0.493 e. The predicted octanol–water partition coefficient (Wildman–Crippen LogP) is 3.76. The van der Waals surface area contributed by atoms with Gasteiger partial charge in [0.15, 0.2) is 11.5 Å². The van der Waals surface area contributed by atoms with Crippen molar-refractivity contribution in [2.45, 2.75) is 12.6 Å². The summed E-state index contributed by atoms with van der Waals surface area (Å²) in [5.41, 5.74) is 1.27. The summed E-state index contributed by atoms with van der Waals surface area (Å²) in [6.07, 6.45) is -0.590. The molecular formula is C22H31Cl3N2O4. The smallest absolute Gasteiger partial charge is 0.203 e. The number of aliphatic hydroxyl groups excluding tert-OH is 1. The van der Waals surface area contributed by atoms with E-state index < -0.39 is 6.10 Å². The summed E-state index contributed by atoms with van der Waals surface area (Å²) in [5, 5.41) is 11.2. The molecule has 2 aromatic carbocycles. The Morgan fingerprint density at radius 2 is 1.45 bits per heavy atom.